The predicted octanol–water partition coefficient (Wildman–Crippen LogP) is 7.28. The van der Waals surface area contributed by atoms with Crippen LogP contribution in [0.1, 0.15) is 120 Å². The highest BCUT2D eigenvalue weighted by molar-refractivity contribution is 5.85. The molecule has 4 saturated carbocycles. The van der Waals surface area contributed by atoms with E-state index in [2.05, 4.69) is 54.5 Å². The number of ether oxygens (including phenoxy) is 1. The number of rotatable bonds is 5. The summed E-state index contributed by atoms with van der Waals surface area (Å²) in [6, 6.07) is 0. The molecule has 9 atom stereocenters. The number of hydrogen-bond donors (Lipinski definition) is 1. The summed E-state index contributed by atoms with van der Waals surface area (Å²) in [4.78, 5) is 25.4. The second-order valence-corrected chi connectivity index (χ2v) is 14.9. The van der Waals surface area contributed by atoms with E-state index in [9.17, 15) is 14.7 Å². The van der Waals surface area contributed by atoms with Gasteiger partial charge in [0.05, 0.1) is 5.60 Å². The van der Waals surface area contributed by atoms with Gasteiger partial charge < -0.3 is 9.84 Å². The van der Waals surface area contributed by atoms with E-state index in [1.807, 2.05) is 6.92 Å². The molecule has 0 aromatic carbocycles. The van der Waals surface area contributed by atoms with Crippen LogP contribution in [0.4, 0.5) is 0 Å². The van der Waals surface area contributed by atoms with Gasteiger partial charge in [-0.25, -0.2) is 0 Å². The number of aliphatic hydroxyl groups is 1. The monoisotopic (exact) mass is 500 g/mol. The molecule has 0 aromatic heterocycles. The van der Waals surface area contributed by atoms with Gasteiger partial charge in [0.25, 0.3) is 0 Å². The van der Waals surface area contributed by atoms with Gasteiger partial charge in [0.2, 0.25) is 0 Å². The number of fused-ring (bicyclic) bond motifs is 5. The predicted molar refractivity (Wildman–Crippen MR) is 144 cm³/mol. The largest absolute Gasteiger partial charge is 0.462 e. The van der Waals surface area contributed by atoms with Crippen molar-refractivity contribution in [1.82, 2.24) is 0 Å². The van der Waals surface area contributed by atoms with E-state index in [0.717, 1.165) is 51.4 Å². The molecule has 4 fully saturated rings. The number of carbonyl (C=O) groups excluding carboxylic acids is 2. The topological polar surface area (TPSA) is 63.6 Å². The van der Waals surface area contributed by atoms with E-state index in [1.165, 1.54) is 12.5 Å². The normalized spacial score (nSPS) is 45.1. The fraction of sp³-hybridized carbons (Fsp3) is 0.875. The van der Waals surface area contributed by atoms with Gasteiger partial charge in [0.1, 0.15) is 11.9 Å². The Morgan fingerprint density at radius 3 is 2.28 bits per heavy atom. The van der Waals surface area contributed by atoms with E-state index in [4.69, 9.17) is 4.74 Å². The first-order valence-electron chi connectivity index (χ1n) is 14.6. The Bertz CT molecular complexity index is 926. The van der Waals surface area contributed by atoms with Crippen LogP contribution in [0.2, 0.25) is 0 Å². The average Bonchev–Trinajstić information content (AvgIpc) is 3.12. The number of allylic oxidation sites excluding steroid dienone is 2. The molecule has 0 aliphatic heterocycles. The molecule has 0 aromatic rings. The summed E-state index contributed by atoms with van der Waals surface area (Å²) in [7, 11) is 0. The van der Waals surface area contributed by atoms with Crippen molar-refractivity contribution in [3.05, 3.63) is 11.6 Å². The minimum absolute atomic E-state index is 0.0131. The molecule has 0 heterocycles. The molecule has 0 radical (unpaired) electrons. The zero-order chi connectivity index (χ0) is 26.9. The Balaban J connectivity index is 1.75. The molecule has 4 aliphatic rings. The maximum atomic E-state index is 13.0. The van der Waals surface area contributed by atoms with Crippen molar-refractivity contribution in [2.45, 2.75) is 132 Å². The third kappa shape index (κ3) is 4.03. The molecule has 0 saturated heterocycles. The molecule has 0 unspecified atom stereocenters. The highest BCUT2D eigenvalue weighted by Gasteiger charge is 2.72. The Labute approximate surface area is 220 Å². The standard InChI is InChI=1S/C32H52O4/c1-20(2)11-10-15-32(9,35)22-12-17-31(8)27(22)23(36-21(3)33)19-25-29(6)16-14-26(34)28(4,5)24(29)13-18-30(25,31)7/h11,22-25,27,35H,10,12-19H2,1-9H3/t22-,23+,24+,25+,27-,29-,30+,31+,32-/m0/s1. The SMILES string of the molecule is CC(=O)O[C@@H]1C[C@@H]2[C@@]3(C)CCC(=O)C(C)(C)[C@H]3CC[C@@]2(C)[C@]2(C)CC[C@H]([C@@](C)(O)CCC=C(C)C)[C@@H]12. The lowest BCUT2D eigenvalue weighted by molar-refractivity contribution is -0.237. The Morgan fingerprint density at radius 1 is 1.03 bits per heavy atom. The number of ketones is 1. The molecule has 204 valence electrons. The summed E-state index contributed by atoms with van der Waals surface area (Å²) >= 11 is 0. The van der Waals surface area contributed by atoms with Crippen molar-refractivity contribution < 1.29 is 19.4 Å². The summed E-state index contributed by atoms with van der Waals surface area (Å²) in [5.41, 5.74) is 0.334. The quantitative estimate of drug-likeness (QED) is 0.318. The van der Waals surface area contributed by atoms with Crippen molar-refractivity contribution in [2.75, 3.05) is 0 Å². The number of carbonyl (C=O) groups is 2. The molecule has 4 rings (SSSR count). The van der Waals surface area contributed by atoms with Crippen LogP contribution in [-0.4, -0.2) is 28.6 Å². The molecular weight excluding hydrogens is 448 g/mol. The van der Waals surface area contributed by atoms with Crippen LogP contribution in [0.5, 0.6) is 0 Å². The first kappa shape index (κ1) is 27.9. The van der Waals surface area contributed by atoms with Crippen molar-refractivity contribution in [2.24, 2.45) is 45.3 Å². The van der Waals surface area contributed by atoms with E-state index in [1.54, 1.807) is 0 Å². The van der Waals surface area contributed by atoms with Crippen molar-refractivity contribution in [3.8, 4) is 0 Å². The molecule has 1 N–H and O–H groups in total. The zero-order valence-corrected chi connectivity index (χ0v) is 24.5. The number of hydrogen-bond acceptors (Lipinski definition) is 4. The van der Waals surface area contributed by atoms with Crippen molar-refractivity contribution in [3.63, 3.8) is 0 Å². The van der Waals surface area contributed by atoms with Crippen LogP contribution in [0.3, 0.4) is 0 Å². The molecule has 4 heteroatoms. The minimum atomic E-state index is -0.795. The summed E-state index contributed by atoms with van der Waals surface area (Å²) in [6.45, 7) is 19.5. The number of Topliss-reactive ketones (excluding diaryl/α,β-unsaturated/α-hetero) is 1. The van der Waals surface area contributed by atoms with Crippen LogP contribution in [0.25, 0.3) is 0 Å². The van der Waals surface area contributed by atoms with E-state index in [-0.39, 0.29) is 45.6 Å². The third-order valence-corrected chi connectivity index (χ3v) is 12.4. The molecule has 0 bridgehead atoms. The average molecular weight is 501 g/mol. The van der Waals surface area contributed by atoms with Crippen LogP contribution < -0.4 is 0 Å². The Morgan fingerprint density at radius 2 is 1.67 bits per heavy atom. The highest BCUT2D eigenvalue weighted by Crippen LogP contribution is 2.75. The summed E-state index contributed by atoms with van der Waals surface area (Å²) in [5.74, 6) is 1.24. The van der Waals surface area contributed by atoms with Crippen LogP contribution in [-0.2, 0) is 14.3 Å². The minimum Gasteiger partial charge on any atom is -0.462 e. The van der Waals surface area contributed by atoms with Crippen molar-refractivity contribution >= 4 is 11.8 Å². The van der Waals surface area contributed by atoms with Crippen LogP contribution >= 0.6 is 0 Å². The Hall–Kier alpha value is -1.16. The first-order chi connectivity index (χ1) is 16.5. The van der Waals surface area contributed by atoms with E-state index in [0.29, 0.717) is 24.0 Å². The van der Waals surface area contributed by atoms with Gasteiger partial charge in [-0.2, -0.15) is 0 Å². The lowest BCUT2D eigenvalue weighted by Gasteiger charge is -2.70. The fourth-order valence-electron chi connectivity index (χ4n) is 10.4. The van der Waals surface area contributed by atoms with E-state index < -0.39 is 5.60 Å². The van der Waals surface area contributed by atoms with Crippen LogP contribution in [0, 0.1) is 45.3 Å². The third-order valence-electron chi connectivity index (χ3n) is 12.4. The van der Waals surface area contributed by atoms with Gasteiger partial charge >= 0.3 is 5.97 Å². The summed E-state index contributed by atoms with van der Waals surface area (Å²) in [5, 5.41) is 11.8. The molecule has 4 nitrogen and oxygen atoms in total. The molecule has 0 spiro atoms. The molecule has 36 heavy (non-hydrogen) atoms. The van der Waals surface area contributed by atoms with Gasteiger partial charge in [-0.05, 0) is 106 Å². The van der Waals surface area contributed by atoms with Gasteiger partial charge in [-0.1, -0.05) is 46.3 Å². The lowest BCUT2D eigenvalue weighted by atomic mass is 9.35. The second kappa shape index (κ2) is 8.95. The van der Waals surface area contributed by atoms with Crippen LogP contribution in [0.15, 0.2) is 11.6 Å². The second-order valence-electron chi connectivity index (χ2n) is 14.9. The summed E-state index contributed by atoms with van der Waals surface area (Å²) < 4.78 is 6.20. The number of esters is 1. The fourth-order valence-corrected chi connectivity index (χ4v) is 10.4. The molecular formula is C32H52O4. The summed E-state index contributed by atoms with van der Waals surface area (Å²) in [6.07, 6.45) is 10.4. The highest BCUT2D eigenvalue weighted by atomic mass is 16.5. The van der Waals surface area contributed by atoms with Gasteiger partial charge in [0.15, 0.2) is 0 Å². The smallest absolute Gasteiger partial charge is 0.302 e. The van der Waals surface area contributed by atoms with Gasteiger partial charge in [-0.3, -0.25) is 9.59 Å². The maximum Gasteiger partial charge on any atom is 0.302 e. The molecule has 0 amide bonds. The Kier molecular flexibility index (Phi) is 6.93. The van der Waals surface area contributed by atoms with E-state index >= 15 is 0 Å². The van der Waals surface area contributed by atoms with Gasteiger partial charge in [-0.15, -0.1) is 0 Å². The van der Waals surface area contributed by atoms with Crippen molar-refractivity contribution in [1.29, 1.82) is 0 Å². The molecule has 4 aliphatic carbocycles. The maximum absolute atomic E-state index is 13.0. The lowest BCUT2D eigenvalue weighted by Crippen LogP contribution is -2.66. The first-order valence-corrected chi connectivity index (χ1v) is 14.6. The zero-order valence-electron chi connectivity index (χ0n) is 24.5. The van der Waals surface area contributed by atoms with Gasteiger partial charge in [0, 0.05) is 24.7 Å².